The zero-order valence-electron chi connectivity index (χ0n) is 11.5. The Bertz CT molecular complexity index is 774. The Morgan fingerprint density at radius 3 is 2.60 bits per heavy atom. The summed E-state index contributed by atoms with van der Waals surface area (Å²) < 4.78 is 3.26. The molecule has 1 aromatic heterocycles. The van der Waals surface area contributed by atoms with Gasteiger partial charge in [-0.05, 0) is 44.2 Å². The van der Waals surface area contributed by atoms with Gasteiger partial charge in [0, 0.05) is 21.8 Å². The van der Waals surface area contributed by atoms with Gasteiger partial charge < -0.3 is 10.3 Å². The molecule has 0 atom stereocenters. The number of aromatic nitrogens is 2. The number of fused-ring (bicyclic) bond motifs is 1. The van der Waals surface area contributed by atoms with E-state index in [1.807, 2.05) is 36.4 Å². The second kappa shape index (κ2) is 4.94. The topological polar surface area (TPSA) is 43.8 Å². The van der Waals surface area contributed by atoms with E-state index in [0.29, 0.717) is 6.04 Å². The van der Waals surface area contributed by atoms with Gasteiger partial charge in [-0.2, -0.15) is 0 Å². The molecule has 0 radical (unpaired) electrons. The lowest BCUT2D eigenvalue weighted by Crippen LogP contribution is -2.04. The first-order valence-corrected chi connectivity index (χ1v) is 7.39. The zero-order valence-corrected chi connectivity index (χ0v) is 13.1. The van der Waals surface area contributed by atoms with Crippen LogP contribution in [-0.2, 0) is 0 Å². The highest BCUT2D eigenvalue weighted by atomic mass is 79.9. The molecule has 0 amide bonds. The third-order valence-electron chi connectivity index (χ3n) is 3.37. The van der Waals surface area contributed by atoms with Crippen LogP contribution in [-0.4, -0.2) is 9.55 Å². The van der Waals surface area contributed by atoms with Crippen molar-refractivity contribution in [3.05, 3.63) is 46.9 Å². The zero-order chi connectivity index (χ0) is 14.3. The number of halogens is 1. The molecular formula is C16H16BrN3. The number of anilines is 1. The normalized spacial score (nSPS) is 11.4. The lowest BCUT2D eigenvalue weighted by Gasteiger charge is -2.14. The van der Waals surface area contributed by atoms with Gasteiger partial charge in [0.15, 0.2) is 0 Å². The van der Waals surface area contributed by atoms with Gasteiger partial charge in [0.1, 0.15) is 5.82 Å². The number of para-hydroxylation sites is 1. The first-order chi connectivity index (χ1) is 9.58. The van der Waals surface area contributed by atoms with Crippen LogP contribution in [0.1, 0.15) is 19.9 Å². The third-order valence-corrected chi connectivity index (χ3v) is 3.86. The molecular weight excluding hydrogens is 314 g/mol. The van der Waals surface area contributed by atoms with Gasteiger partial charge in [0.25, 0.3) is 0 Å². The van der Waals surface area contributed by atoms with E-state index >= 15 is 0 Å². The number of benzene rings is 2. The molecule has 0 fully saturated rings. The smallest absolute Gasteiger partial charge is 0.143 e. The summed E-state index contributed by atoms with van der Waals surface area (Å²) in [6.07, 6.45) is 0. The summed E-state index contributed by atoms with van der Waals surface area (Å²) in [7, 11) is 0. The van der Waals surface area contributed by atoms with Crippen molar-refractivity contribution in [2.45, 2.75) is 19.9 Å². The summed E-state index contributed by atoms with van der Waals surface area (Å²) >= 11 is 3.50. The highest BCUT2D eigenvalue weighted by Crippen LogP contribution is 2.32. The van der Waals surface area contributed by atoms with E-state index in [0.717, 1.165) is 32.6 Å². The summed E-state index contributed by atoms with van der Waals surface area (Å²) in [6.45, 7) is 4.32. The maximum absolute atomic E-state index is 6.11. The average molecular weight is 330 g/mol. The summed E-state index contributed by atoms with van der Waals surface area (Å²) in [6, 6.07) is 14.4. The van der Waals surface area contributed by atoms with E-state index in [4.69, 9.17) is 10.7 Å². The van der Waals surface area contributed by atoms with Crippen molar-refractivity contribution in [1.29, 1.82) is 0 Å². The Kier molecular flexibility index (Phi) is 3.26. The molecule has 0 aliphatic rings. The lowest BCUT2D eigenvalue weighted by atomic mass is 10.1. The van der Waals surface area contributed by atoms with Crippen LogP contribution in [0.2, 0.25) is 0 Å². The van der Waals surface area contributed by atoms with Crippen LogP contribution >= 0.6 is 15.9 Å². The number of imidazole rings is 1. The Balaban J connectivity index is 2.35. The Morgan fingerprint density at radius 2 is 1.90 bits per heavy atom. The summed E-state index contributed by atoms with van der Waals surface area (Å²) in [5, 5.41) is 0. The van der Waals surface area contributed by atoms with Crippen molar-refractivity contribution in [2.75, 3.05) is 5.73 Å². The fourth-order valence-corrected chi connectivity index (χ4v) is 2.83. The van der Waals surface area contributed by atoms with Gasteiger partial charge in [-0.15, -0.1) is 0 Å². The maximum Gasteiger partial charge on any atom is 0.143 e. The highest BCUT2D eigenvalue weighted by molar-refractivity contribution is 9.10. The minimum Gasteiger partial charge on any atom is -0.398 e. The van der Waals surface area contributed by atoms with Crippen molar-refractivity contribution in [2.24, 2.45) is 0 Å². The highest BCUT2D eigenvalue weighted by Gasteiger charge is 2.16. The molecule has 0 saturated carbocycles. The van der Waals surface area contributed by atoms with Crippen LogP contribution in [0.4, 0.5) is 5.69 Å². The largest absolute Gasteiger partial charge is 0.398 e. The van der Waals surface area contributed by atoms with Crippen molar-refractivity contribution >= 4 is 32.7 Å². The van der Waals surface area contributed by atoms with Crippen LogP contribution in [0.3, 0.4) is 0 Å². The van der Waals surface area contributed by atoms with Gasteiger partial charge in [0.2, 0.25) is 0 Å². The van der Waals surface area contributed by atoms with Gasteiger partial charge in [0.05, 0.1) is 11.0 Å². The molecule has 20 heavy (non-hydrogen) atoms. The first kappa shape index (κ1) is 13.2. The predicted molar refractivity (Wildman–Crippen MR) is 87.7 cm³/mol. The lowest BCUT2D eigenvalue weighted by molar-refractivity contribution is 0.624. The van der Waals surface area contributed by atoms with E-state index in [-0.39, 0.29) is 0 Å². The molecule has 2 aromatic carbocycles. The first-order valence-electron chi connectivity index (χ1n) is 6.60. The molecule has 0 aliphatic heterocycles. The molecule has 0 spiro atoms. The summed E-state index contributed by atoms with van der Waals surface area (Å²) in [5.74, 6) is 0.922. The number of hydrogen-bond donors (Lipinski definition) is 1. The number of nitrogen functional groups attached to an aromatic ring is 1. The number of nitrogens with zero attached hydrogens (tertiary/aromatic N) is 2. The van der Waals surface area contributed by atoms with Crippen molar-refractivity contribution < 1.29 is 0 Å². The minimum absolute atomic E-state index is 0.316. The molecule has 4 heteroatoms. The van der Waals surface area contributed by atoms with Crippen molar-refractivity contribution in [1.82, 2.24) is 9.55 Å². The molecule has 0 saturated heterocycles. The fourth-order valence-electron chi connectivity index (χ4n) is 2.49. The molecule has 3 aromatic rings. The summed E-state index contributed by atoms with van der Waals surface area (Å²) in [5.41, 5.74) is 9.95. The van der Waals surface area contributed by atoms with Crippen molar-refractivity contribution in [3.63, 3.8) is 0 Å². The molecule has 3 rings (SSSR count). The van der Waals surface area contributed by atoms with Crippen molar-refractivity contribution in [3.8, 4) is 11.4 Å². The van der Waals surface area contributed by atoms with E-state index in [1.165, 1.54) is 0 Å². The van der Waals surface area contributed by atoms with E-state index in [1.54, 1.807) is 0 Å². The average Bonchev–Trinajstić information content (AvgIpc) is 2.77. The summed E-state index contributed by atoms with van der Waals surface area (Å²) in [4.78, 5) is 4.78. The van der Waals surface area contributed by atoms with Crippen LogP contribution in [0, 0.1) is 0 Å². The fraction of sp³-hybridized carbons (Fsp3) is 0.188. The number of nitrogens with two attached hydrogens (primary N) is 1. The molecule has 0 bridgehead atoms. The molecule has 3 nitrogen and oxygen atoms in total. The Hall–Kier alpha value is -1.81. The Morgan fingerprint density at radius 1 is 1.15 bits per heavy atom. The standard InChI is InChI=1S/C16H16BrN3/c1-10(2)20-15-8-7-11(17)9-14(15)19-16(20)12-5-3-4-6-13(12)18/h3-10H,18H2,1-2H3. The predicted octanol–water partition coefficient (Wildman–Crippen LogP) is 4.63. The van der Waals surface area contributed by atoms with E-state index < -0.39 is 0 Å². The molecule has 102 valence electrons. The maximum atomic E-state index is 6.11. The van der Waals surface area contributed by atoms with Gasteiger partial charge in [-0.25, -0.2) is 4.98 Å². The van der Waals surface area contributed by atoms with E-state index in [2.05, 4.69) is 40.4 Å². The van der Waals surface area contributed by atoms with Crippen LogP contribution in [0.15, 0.2) is 46.9 Å². The SMILES string of the molecule is CC(C)n1c(-c2ccccc2N)nc2cc(Br)ccc21. The minimum atomic E-state index is 0.316. The van der Waals surface area contributed by atoms with Gasteiger partial charge >= 0.3 is 0 Å². The second-order valence-corrected chi connectivity index (χ2v) is 6.04. The Labute approximate surface area is 126 Å². The van der Waals surface area contributed by atoms with E-state index in [9.17, 15) is 0 Å². The van der Waals surface area contributed by atoms with Gasteiger partial charge in [-0.3, -0.25) is 0 Å². The molecule has 2 N–H and O–H groups in total. The van der Waals surface area contributed by atoms with Crippen LogP contribution < -0.4 is 5.73 Å². The van der Waals surface area contributed by atoms with Crippen LogP contribution in [0.25, 0.3) is 22.4 Å². The molecule has 1 heterocycles. The monoisotopic (exact) mass is 329 g/mol. The third kappa shape index (κ3) is 2.10. The second-order valence-electron chi connectivity index (χ2n) is 5.12. The number of hydrogen-bond acceptors (Lipinski definition) is 2. The number of rotatable bonds is 2. The van der Waals surface area contributed by atoms with Gasteiger partial charge in [-0.1, -0.05) is 28.1 Å². The van der Waals surface area contributed by atoms with Crippen LogP contribution in [0.5, 0.6) is 0 Å². The quantitative estimate of drug-likeness (QED) is 0.696. The molecule has 0 aliphatic carbocycles. The molecule has 0 unspecified atom stereocenters.